The Labute approximate surface area is 362 Å². The second-order valence-corrected chi connectivity index (χ2v) is 16.6. The molecule has 0 N–H and O–H groups in total. The quantitative estimate of drug-likeness (QED) is 0.167. The van der Waals surface area contributed by atoms with Crippen molar-refractivity contribution in [2.45, 2.75) is 13.8 Å². The first kappa shape index (κ1) is 35.5. The van der Waals surface area contributed by atoms with Crippen molar-refractivity contribution in [3.63, 3.8) is 0 Å². The molecular weight excluding hydrogens is 773 g/mol. The van der Waals surface area contributed by atoms with Crippen LogP contribution in [-0.4, -0.2) is 0 Å². The van der Waals surface area contributed by atoms with Crippen molar-refractivity contribution >= 4 is 121 Å². The van der Waals surface area contributed by atoms with Gasteiger partial charge in [-0.05, 0) is 97.4 Å². The molecule has 10 aromatic carbocycles. The summed E-state index contributed by atoms with van der Waals surface area (Å²) in [6.45, 7) is 4.26. The molecule has 0 bridgehead atoms. The monoisotopic (exact) mass is 810 g/mol. The Morgan fingerprint density at radius 2 is 0.603 bits per heavy atom. The van der Waals surface area contributed by atoms with E-state index in [1.807, 2.05) is 24.3 Å². The van der Waals surface area contributed by atoms with E-state index in [2.05, 4.69) is 194 Å². The van der Waals surface area contributed by atoms with Crippen molar-refractivity contribution in [2.24, 2.45) is 0 Å². The molecule has 5 heteroatoms. The van der Waals surface area contributed by atoms with E-state index in [0.29, 0.717) is 0 Å². The molecule has 0 aliphatic rings. The molecule has 0 atom stereocenters. The van der Waals surface area contributed by atoms with E-state index in [9.17, 15) is 0 Å². The first-order valence-corrected chi connectivity index (χ1v) is 21.4. The number of fused-ring (bicyclic) bond motifs is 13. The summed E-state index contributed by atoms with van der Waals surface area (Å²) in [5.41, 5.74) is 13.7. The molecule has 298 valence electrons. The average Bonchev–Trinajstić information content (AvgIpc) is 4.01. The highest BCUT2D eigenvalue weighted by Gasteiger charge is 2.25. The predicted molar refractivity (Wildman–Crippen MR) is 262 cm³/mol. The van der Waals surface area contributed by atoms with Crippen molar-refractivity contribution in [1.82, 2.24) is 0 Å². The number of hydrogen-bond acceptors (Lipinski definition) is 5. The molecule has 0 aliphatic carbocycles. The van der Waals surface area contributed by atoms with Crippen LogP contribution in [0.2, 0.25) is 0 Å². The maximum atomic E-state index is 7.18. The van der Waals surface area contributed by atoms with Crippen molar-refractivity contribution in [3.8, 4) is 0 Å². The Bertz CT molecular complexity index is 3690. The fourth-order valence-corrected chi connectivity index (χ4v) is 9.78. The van der Waals surface area contributed by atoms with E-state index < -0.39 is 0 Å². The molecule has 3 heterocycles. The van der Waals surface area contributed by atoms with Crippen LogP contribution in [0.15, 0.2) is 207 Å². The van der Waals surface area contributed by atoms with Gasteiger partial charge in [0.1, 0.15) is 33.5 Å². The summed E-state index contributed by atoms with van der Waals surface area (Å²) in [4.78, 5) is 4.71. The van der Waals surface area contributed by atoms with E-state index in [4.69, 9.17) is 13.3 Å². The zero-order valence-corrected chi connectivity index (χ0v) is 34.6. The van der Waals surface area contributed by atoms with Crippen molar-refractivity contribution in [1.29, 1.82) is 0 Å². The van der Waals surface area contributed by atoms with Gasteiger partial charge in [0, 0.05) is 78.0 Å². The van der Waals surface area contributed by atoms with Gasteiger partial charge in [-0.15, -0.1) is 0 Å². The second kappa shape index (κ2) is 13.6. The third kappa shape index (κ3) is 5.49. The molecule has 3 aromatic heterocycles. The maximum Gasteiger partial charge on any atom is 0.138 e. The number of para-hydroxylation sites is 2. The molecule has 0 aliphatic heterocycles. The molecule has 13 aromatic rings. The minimum absolute atomic E-state index is 0.820. The lowest BCUT2D eigenvalue weighted by atomic mass is 9.96. The summed E-state index contributed by atoms with van der Waals surface area (Å²) in [6.07, 6.45) is 0. The van der Waals surface area contributed by atoms with Gasteiger partial charge in [-0.25, -0.2) is 0 Å². The van der Waals surface area contributed by atoms with Gasteiger partial charge >= 0.3 is 0 Å². The van der Waals surface area contributed by atoms with E-state index >= 15 is 0 Å². The third-order valence-corrected chi connectivity index (χ3v) is 12.7. The topological polar surface area (TPSA) is 45.9 Å². The van der Waals surface area contributed by atoms with Crippen molar-refractivity contribution in [2.75, 3.05) is 9.80 Å². The average molecular weight is 811 g/mol. The van der Waals surface area contributed by atoms with Crippen LogP contribution >= 0.6 is 0 Å². The first-order chi connectivity index (χ1) is 31.0. The smallest absolute Gasteiger partial charge is 0.138 e. The number of furan rings is 3. The normalized spacial score (nSPS) is 12.0. The highest BCUT2D eigenvalue weighted by atomic mass is 16.3. The number of nitrogens with zero attached hydrogens (tertiary/aromatic N) is 2. The highest BCUT2D eigenvalue weighted by molar-refractivity contribution is 6.30. The number of benzene rings is 10. The van der Waals surface area contributed by atoms with Gasteiger partial charge in [-0.1, -0.05) is 120 Å². The minimum Gasteiger partial charge on any atom is -0.456 e. The fraction of sp³-hybridized carbons (Fsp3) is 0.0345. The fourth-order valence-electron chi connectivity index (χ4n) is 9.78. The Morgan fingerprint density at radius 1 is 0.270 bits per heavy atom. The van der Waals surface area contributed by atoms with Crippen LogP contribution in [0.5, 0.6) is 0 Å². The molecule has 0 fully saturated rings. The summed E-state index contributed by atoms with van der Waals surface area (Å²) in [7, 11) is 0. The molecule has 0 spiro atoms. The summed E-state index contributed by atoms with van der Waals surface area (Å²) < 4.78 is 19.8. The van der Waals surface area contributed by atoms with Gasteiger partial charge in [-0.3, -0.25) is 0 Å². The molecule has 63 heavy (non-hydrogen) atoms. The lowest BCUT2D eigenvalue weighted by Gasteiger charge is -2.27. The predicted octanol–water partition coefficient (Wildman–Crippen LogP) is 17.2. The van der Waals surface area contributed by atoms with Gasteiger partial charge in [-0.2, -0.15) is 0 Å². The van der Waals surface area contributed by atoms with Gasteiger partial charge in [0.2, 0.25) is 0 Å². The number of rotatable bonds is 6. The van der Waals surface area contributed by atoms with Crippen molar-refractivity contribution < 1.29 is 13.3 Å². The molecule has 0 saturated carbocycles. The van der Waals surface area contributed by atoms with Crippen LogP contribution in [0.4, 0.5) is 34.1 Å². The summed E-state index contributed by atoms with van der Waals surface area (Å²) in [5, 5.41) is 11.0. The minimum atomic E-state index is 0.820. The van der Waals surface area contributed by atoms with Gasteiger partial charge in [0.25, 0.3) is 0 Å². The second-order valence-electron chi connectivity index (χ2n) is 16.6. The van der Waals surface area contributed by atoms with E-state index in [0.717, 1.165) is 121 Å². The Kier molecular flexibility index (Phi) is 7.67. The lowest BCUT2D eigenvalue weighted by Crippen LogP contribution is -2.10. The van der Waals surface area contributed by atoms with Gasteiger partial charge in [0.15, 0.2) is 0 Å². The van der Waals surface area contributed by atoms with Crippen LogP contribution in [0, 0.1) is 13.8 Å². The Balaban J connectivity index is 1.08. The zero-order chi connectivity index (χ0) is 41.8. The molecule has 0 radical (unpaired) electrons. The van der Waals surface area contributed by atoms with E-state index in [-0.39, 0.29) is 0 Å². The molecule has 13 rings (SSSR count). The third-order valence-electron chi connectivity index (χ3n) is 12.7. The SMILES string of the molecule is Cc1ccc(N(c2ccc3oc4ccccc4c3c2)c2cc3oc4cc(N(c5ccc(C)cc5)c5ccc6oc7ccccc7c6c5)c5ccccc5c4c3c3ccccc23)cc1. The molecule has 0 unspecified atom stereocenters. The standard InChI is InChI=1S/C58H38N2O3/c1-35-19-23-37(24-20-35)59(39-27-29-53-47(31-39)43-13-7-9-17-51(43)61-53)49-33-55-57(45-15-5-3-11-41(45)49)58-46-16-6-4-12-42(46)50(34-56(58)63-55)60(38-25-21-36(2)22-26-38)40-28-30-54-48(32-40)44-14-8-10-18-52(44)62-54/h3-34H,1-2H3. The number of hydrogen-bond donors (Lipinski definition) is 0. The lowest BCUT2D eigenvalue weighted by molar-refractivity contribution is 0.668. The molecular formula is C58H38N2O3. The largest absolute Gasteiger partial charge is 0.456 e. The van der Waals surface area contributed by atoms with Crippen LogP contribution < -0.4 is 9.80 Å². The number of aryl methyl sites for hydroxylation is 2. The van der Waals surface area contributed by atoms with Gasteiger partial charge in [0.05, 0.1) is 11.4 Å². The van der Waals surface area contributed by atoms with Crippen molar-refractivity contribution in [3.05, 3.63) is 205 Å². The van der Waals surface area contributed by atoms with E-state index in [1.54, 1.807) is 0 Å². The number of anilines is 6. The van der Waals surface area contributed by atoms with E-state index in [1.165, 1.54) is 11.1 Å². The Morgan fingerprint density at radius 3 is 1.03 bits per heavy atom. The highest BCUT2D eigenvalue weighted by Crippen LogP contribution is 2.50. The summed E-state index contributed by atoms with van der Waals surface area (Å²) in [5.74, 6) is 0. The zero-order valence-electron chi connectivity index (χ0n) is 34.6. The summed E-state index contributed by atoms with van der Waals surface area (Å²) >= 11 is 0. The maximum absolute atomic E-state index is 7.18. The molecule has 0 saturated heterocycles. The first-order valence-electron chi connectivity index (χ1n) is 21.4. The summed E-state index contributed by atoms with van der Waals surface area (Å²) in [6, 6.07) is 69.0. The van der Waals surface area contributed by atoms with Gasteiger partial charge < -0.3 is 23.1 Å². The van der Waals surface area contributed by atoms with Crippen LogP contribution in [0.1, 0.15) is 11.1 Å². The van der Waals surface area contributed by atoms with Crippen LogP contribution in [0.25, 0.3) is 87.4 Å². The molecule has 5 nitrogen and oxygen atoms in total. The molecule has 0 amide bonds. The van der Waals surface area contributed by atoms with Crippen LogP contribution in [0.3, 0.4) is 0 Å². The Hall–Kier alpha value is -8.28. The van der Waals surface area contributed by atoms with Crippen LogP contribution in [-0.2, 0) is 0 Å².